The first kappa shape index (κ1) is 16.1. The monoisotopic (exact) mass is 322 g/mol. The van der Waals surface area contributed by atoms with E-state index in [1.807, 2.05) is 47.4 Å². The Balaban J connectivity index is 1.98. The van der Waals surface area contributed by atoms with Crippen LogP contribution in [0.15, 0.2) is 66.7 Å². The number of benzene rings is 2. The zero-order valence-corrected chi connectivity index (χ0v) is 14.0. The first-order chi connectivity index (χ1) is 11.7. The van der Waals surface area contributed by atoms with Crippen molar-refractivity contribution >= 4 is 6.03 Å². The number of urea groups is 1. The van der Waals surface area contributed by atoms with Crippen LogP contribution in [0.25, 0.3) is 0 Å². The van der Waals surface area contributed by atoms with Crippen LogP contribution in [-0.2, 0) is 0 Å². The average Bonchev–Trinajstić information content (AvgIpc) is 2.67. The number of hydrogen-bond donors (Lipinski definition) is 1. The summed E-state index contributed by atoms with van der Waals surface area (Å²) in [7, 11) is 3.32. The van der Waals surface area contributed by atoms with E-state index in [2.05, 4.69) is 29.6 Å². The van der Waals surface area contributed by atoms with Gasteiger partial charge in [0.05, 0.1) is 19.2 Å². The average molecular weight is 322 g/mol. The number of carbonyl (C=O) groups excluding carboxylic acids is 1. The summed E-state index contributed by atoms with van der Waals surface area (Å²) in [5.74, 6) is 0.810. The van der Waals surface area contributed by atoms with Crippen molar-refractivity contribution in [1.82, 2.24) is 10.2 Å². The highest BCUT2D eigenvalue weighted by molar-refractivity contribution is 5.75. The van der Waals surface area contributed by atoms with E-state index in [0.29, 0.717) is 0 Å². The molecule has 0 unspecified atom stereocenters. The highest BCUT2D eigenvalue weighted by Crippen LogP contribution is 2.38. The van der Waals surface area contributed by atoms with Gasteiger partial charge in [0.15, 0.2) is 0 Å². The molecule has 0 saturated carbocycles. The van der Waals surface area contributed by atoms with Crippen molar-refractivity contribution in [2.45, 2.75) is 18.5 Å². The third-order valence-electron chi connectivity index (χ3n) is 4.40. The molecule has 0 saturated heterocycles. The minimum absolute atomic E-state index is 0.0169. The quantitative estimate of drug-likeness (QED) is 0.865. The van der Waals surface area contributed by atoms with Gasteiger partial charge in [-0.15, -0.1) is 0 Å². The molecule has 4 heteroatoms. The fraction of sp³-hybridized carbons (Fsp3) is 0.250. The minimum Gasteiger partial charge on any atom is -0.497 e. The Morgan fingerprint density at radius 1 is 1.08 bits per heavy atom. The zero-order valence-electron chi connectivity index (χ0n) is 14.0. The van der Waals surface area contributed by atoms with Crippen molar-refractivity contribution in [3.05, 3.63) is 77.9 Å². The molecule has 2 aromatic rings. The van der Waals surface area contributed by atoms with Crippen LogP contribution in [0.5, 0.6) is 5.75 Å². The highest BCUT2D eigenvalue weighted by atomic mass is 16.5. The standard InChI is InChI=1S/C20H22N2O2/c1-21-20(23)22-18(15-7-4-3-5-8-15)9-6-10-19(22)16-11-13-17(24-2)14-12-16/h3-8,10-14,18-19H,9H2,1-2H3,(H,21,23)/t18-,19-/m0/s1. The lowest BCUT2D eigenvalue weighted by molar-refractivity contribution is 0.154. The second kappa shape index (κ2) is 7.21. The zero-order chi connectivity index (χ0) is 16.9. The molecule has 3 rings (SSSR count). The number of hydrogen-bond acceptors (Lipinski definition) is 2. The third kappa shape index (κ3) is 3.13. The van der Waals surface area contributed by atoms with Gasteiger partial charge in [0.2, 0.25) is 0 Å². The number of carbonyl (C=O) groups is 1. The molecule has 0 aliphatic carbocycles. The summed E-state index contributed by atoms with van der Waals surface area (Å²) >= 11 is 0. The van der Waals surface area contributed by atoms with Gasteiger partial charge in [-0.1, -0.05) is 54.6 Å². The van der Waals surface area contributed by atoms with Crippen LogP contribution in [0.4, 0.5) is 4.79 Å². The van der Waals surface area contributed by atoms with Crippen molar-refractivity contribution in [1.29, 1.82) is 0 Å². The van der Waals surface area contributed by atoms with Crippen molar-refractivity contribution in [3.63, 3.8) is 0 Å². The first-order valence-corrected chi connectivity index (χ1v) is 8.10. The van der Waals surface area contributed by atoms with Crippen molar-refractivity contribution in [2.75, 3.05) is 14.2 Å². The molecule has 2 amide bonds. The fourth-order valence-electron chi connectivity index (χ4n) is 3.18. The van der Waals surface area contributed by atoms with E-state index in [-0.39, 0.29) is 18.1 Å². The number of nitrogens with one attached hydrogen (secondary N) is 1. The summed E-state index contributed by atoms with van der Waals surface area (Å²) < 4.78 is 5.23. The summed E-state index contributed by atoms with van der Waals surface area (Å²) in [5.41, 5.74) is 2.21. The van der Waals surface area contributed by atoms with Crippen LogP contribution < -0.4 is 10.1 Å². The van der Waals surface area contributed by atoms with Gasteiger partial charge >= 0.3 is 6.03 Å². The second-order valence-electron chi connectivity index (χ2n) is 5.77. The Kier molecular flexibility index (Phi) is 4.85. The molecule has 1 heterocycles. The Bertz CT molecular complexity index is 710. The van der Waals surface area contributed by atoms with E-state index in [1.165, 1.54) is 0 Å². The van der Waals surface area contributed by atoms with Crippen LogP contribution in [0.1, 0.15) is 29.6 Å². The topological polar surface area (TPSA) is 41.6 Å². The molecule has 1 N–H and O–H groups in total. The Labute approximate surface area is 142 Å². The molecule has 0 aromatic heterocycles. The minimum atomic E-state index is -0.102. The molecule has 0 radical (unpaired) electrons. The van der Waals surface area contributed by atoms with Gasteiger partial charge in [0, 0.05) is 7.05 Å². The smallest absolute Gasteiger partial charge is 0.318 e. The lowest BCUT2D eigenvalue weighted by Crippen LogP contribution is -2.43. The van der Waals surface area contributed by atoms with Gasteiger partial charge in [-0.2, -0.15) is 0 Å². The molecule has 1 aliphatic heterocycles. The molecule has 1 aliphatic rings. The molecule has 4 nitrogen and oxygen atoms in total. The maximum absolute atomic E-state index is 12.6. The molecule has 2 aromatic carbocycles. The number of methoxy groups -OCH3 is 1. The predicted molar refractivity (Wildman–Crippen MR) is 95.0 cm³/mol. The summed E-state index contributed by atoms with van der Waals surface area (Å²) in [6, 6.07) is 17.9. The van der Waals surface area contributed by atoms with Gasteiger partial charge in [0.1, 0.15) is 5.75 Å². The Morgan fingerprint density at radius 3 is 2.42 bits per heavy atom. The van der Waals surface area contributed by atoms with Crippen LogP contribution in [0.2, 0.25) is 0 Å². The molecule has 124 valence electrons. The van der Waals surface area contributed by atoms with Crippen LogP contribution in [-0.4, -0.2) is 25.1 Å². The summed E-state index contributed by atoms with van der Waals surface area (Å²) in [5, 5.41) is 2.79. The van der Waals surface area contributed by atoms with Gasteiger partial charge < -0.3 is 15.0 Å². The number of nitrogens with zero attached hydrogens (tertiary/aromatic N) is 1. The van der Waals surface area contributed by atoms with Gasteiger partial charge in [-0.3, -0.25) is 0 Å². The van der Waals surface area contributed by atoms with E-state index in [9.17, 15) is 4.79 Å². The van der Waals surface area contributed by atoms with E-state index >= 15 is 0 Å². The van der Waals surface area contributed by atoms with Crippen LogP contribution in [0.3, 0.4) is 0 Å². The van der Waals surface area contributed by atoms with Crippen LogP contribution >= 0.6 is 0 Å². The first-order valence-electron chi connectivity index (χ1n) is 8.10. The normalized spacial score (nSPS) is 19.8. The fourth-order valence-corrected chi connectivity index (χ4v) is 3.18. The molecular formula is C20H22N2O2. The van der Waals surface area contributed by atoms with Crippen molar-refractivity contribution in [2.24, 2.45) is 0 Å². The number of amides is 2. The van der Waals surface area contributed by atoms with E-state index in [4.69, 9.17) is 4.74 Å². The van der Waals surface area contributed by atoms with E-state index < -0.39 is 0 Å². The SMILES string of the molecule is CNC(=O)N1[C@H](c2ccc(OC)cc2)C=CC[C@H]1c1ccccc1. The second-order valence-corrected chi connectivity index (χ2v) is 5.77. The molecule has 0 fully saturated rings. The predicted octanol–water partition coefficient (Wildman–Crippen LogP) is 4.08. The maximum Gasteiger partial charge on any atom is 0.318 e. The lowest BCUT2D eigenvalue weighted by Gasteiger charge is -2.39. The van der Waals surface area contributed by atoms with Gasteiger partial charge in [-0.25, -0.2) is 4.79 Å². The van der Waals surface area contributed by atoms with Crippen molar-refractivity contribution < 1.29 is 9.53 Å². The third-order valence-corrected chi connectivity index (χ3v) is 4.40. The van der Waals surface area contributed by atoms with Crippen molar-refractivity contribution in [3.8, 4) is 5.75 Å². The number of ether oxygens (including phenoxy) is 1. The molecule has 24 heavy (non-hydrogen) atoms. The maximum atomic E-state index is 12.6. The summed E-state index contributed by atoms with van der Waals surface area (Å²) in [6.07, 6.45) is 5.06. The van der Waals surface area contributed by atoms with E-state index in [0.717, 1.165) is 23.3 Å². The molecule has 0 bridgehead atoms. The number of rotatable bonds is 3. The molecule has 2 atom stereocenters. The lowest BCUT2D eigenvalue weighted by atomic mass is 9.92. The Hall–Kier alpha value is -2.75. The van der Waals surface area contributed by atoms with Gasteiger partial charge in [0.25, 0.3) is 0 Å². The summed E-state index contributed by atoms with van der Waals surface area (Å²) in [4.78, 5) is 14.5. The largest absolute Gasteiger partial charge is 0.497 e. The molecular weight excluding hydrogens is 300 g/mol. The Morgan fingerprint density at radius 2 is 1.79 bits per heavy atom. The summed E-state index contributed by atoms with van der Waals surface area (Å²) in [6.45, 7) is 0. The molecule has 0 spiro atoms. The van der Waals surface area contributed by atoms with Crippen LogP contribution in [0, 0.1) is 0 Å². The van der Waals surface area contributed by atoms with Gasteiger partial charge in [-0.05, 0) is 29.7 Å². The highest BCUT2D eigenvalue weighted by Gasteiger charge is 2.32. The van der Waals surface area contributed by atoms with E-state index in [1.54, 1.807) is 14.2 Å².